The third-order valence-electron chi connectivity index (χ3n) is 3.36. The topological polar surface area (TPSA) is 15.6 Å². The summed E-state index contributed by atoms with van der Waals surface area (Å²) in [7, 11) is 0. The van der Waals surface area contributed by atoms with Crippen LogP contribution < -0.4 is 0 Å². The second-order valence-corrected chi connectivity index (χ2v) is 5.23. The number of aliphatic imine (C=N–C) groups is 1. The lowest BCUT2D eigenvalue weighted by molar-refractivity contribution is 0.294. The lowest BCUT2D eigenvalue weighted by Crippen LogP contribution is -2.24. The van der Waals surface area contributed by atoms with Gasteiger partial charge in [-0.25, -0.2) is 0 Å². The van der Waals surface area contributed by atoms with Crippen molar-refractivity contribution in [2.75, 3.05) is 19.6 Å². The molecule has 19 heavy (non-hydrogen) atoms. The van der Waals surface area contributed by atoms with Crippen LogP contribution in [0.4, 0.5) is 0 Å². The van der Waals surface area contributed by atoms with E-state index in [9.17, 15) is 0 Å². The molecule has 0 aliphatic rings. The molecule has 2 nitrogen and oxygen atoms in total. The average molecular weight is 281 g/mol. The van der Waals surface area contributed by atoms with E-state index in [-0.39, 0.29) is 0 Å². The molecule has 0 aromatic heterocycles. The van der Waals surface area contributed by atoms with Crippen molar-refractivity contribution in [2.45, 2.75) is 39.7 Å². The van der Waals surface area contributed by atoms with E-state index in [1.165, 1.54) is 13.0 Å². The van der Waals surface area contributed by atoms with Crippen molar-refractivity contribution < 1.29 is 0 Å². The molecule has 1 aromatic carbocycles. The van der Waals surface area contributed by atoms with Gasteiger partial charge in [-0.2, -0.15) is 0 Å². The Bertz CT molecular complexity index is 386. The zero-order valence-electron chi connectivity index (χ0n) is 12.3. The SMILES string of the molecule is CCN(CC)CCCC(C)N=Cc1ccccc1Cl. The third-order valence-corrected chi connectivity index (χ3v) is 3.71. The van der Waals surface area contributed by atoms with Crippen molar-refractivity contribution in [2.24, 2.45) is 4.99 Å². The van der Waals surface area contributed by atoms with Crippen molar-refractivity contribution in [3.05, 3.63) is 34.9 Å². The molecule has 1 atom stereocenters. The Morgan fingerprint density at radius 2 is 1.95 bits per heavy atom. The van der Waals surface area contributed by atoms with Crippen LogP contribution in [0.25, 0.3) is 0 Å². The van der Waals surface area contributed by atoms with E-state index in [0.717, 1.165) is 30.1 Å². The lowest BCUT2D eigenvalue weighted by atomic mass is 10.2. The number of hydrogen-bond donors (Lipinski definition) is 0. The van der Waals surface area contributed by atoms with Gasteiger partial charge in [0.25, 0.3) is 0 Å². The van der Waals surface area contributed by atoms with Crippen LogP contribution in [0.2, 0.25) is 5.02 Å². The number of rotatable bonds is 8. The van der Waals surface area contributed by atoms with Gasteiger partial charge in [0.2, 0.25) is 0 Å². The summed E-state index contributed by atoms with van der Waals surface area (Å²) in [6.45, 7) is 10.0. The molecule has 1 aromatic rings. The van der Waals surface area contributed by atoms with E-state index in [2.05, 4.69) is 30.7 Å². The second kappa shape index (κ2) is 9.11. The predicted octanol–water partition coefficient (Wildman–Crippen LogP) is 4.27. The molecule has 0 amide bonds. The first kappa shape index (κ1) is 16.2. The maximum absolute atomic E-state index is 6.09. The van der Waals surface area contributed by atoms with Crippen molar-refractivity contribution >= 4 is 17.8 Å². The fourth-order valence-electron chi connectivity index (χ4n) is 2.01. The van der Waals surface area contributed by atoms with Crippen LogP contribution in [0, 0.1) is 0 Å². The fraction of sp³-hybridized carbons (Fsp3) is 0.562. The molecule has 0 aliphatic carbocycles. The minimum absolute atomic E-state index is 0.354. The number of hydrogen-bond acceptors (Lipinski definition) is 2. The van der Waals surface area contributed by atoms with Gasteiger partial charge >= 0.3 is 0 Å². The Morgan fingerprint density at radius 1 is 1.26 bits per heavy atom. The summed E-state index contributed by atoms with van der Waals surface area (Å²) in [5.74, 6) is 0. The molecule has 0 heterocycles. The number of halogens is 1. The van der Waals surface area contributed by atoms with Crippen LogP contribution in [0.3, 0.4) is 0 Å². The fourth-order valence-corrected chi connectivity index (χ4v) is 2.20. The van der Waals surface area contributed by atoms with Crippen molar-refractivity contribution in [3.63, 3.8) is 0 Å². The predicted molar refractivity (Wildman–Crippen MR) is 85.5 cm³/mol. The first-order valence-corrected chi connectivity index (χ1v) is 7.55. The molecule has 0 N–H and O–H groups in total. The Balaban J connectivity index is 2.35. The van der Waals surface area contributed by atoms with Crippen LogP contribution in [-0.4, -0.2) is 36.8 Å². The molecule has 0 fully saturated rings. The van der Waals surface area contributed by atoms with Crippen LogP contribution >= 0.6 is 11.6 Å². The van der Waals surface area contributed by atoms with Gasteiger partial charge in [-0.15, -0.1) is 0 Å². The van der Waals surface area contributed by atoms with E-state index in [4.69, 9.17) is 11.6 Å². The molecule has 3 heteroatoms. The van der Waals surface area contributed by atoms with E-state index < -0.39 is 0 Å². The first-order valence-electron chi connectivity index (χ1n) is 7.17. The number of nitrogens with zero attached hydrogens (tertiary/aromatic N) is 2. The van der Waals surface area contributed by atoms with E-state index in [1.807, 2.05) is 30.5 Å². The molecule has 1 rings (SSSR count). The maximum Gasteiger partial charge on any atom is 0.0493 e. The summed E-state index contributed by atoms with van der Waals surface area (Å²) in [5.41, 5.74) is 1.000. The monoisotopic (exact) mass is 280 g/mol. The van der Waals surface area contributed by atoms with Gasteiger partial charge in [0.1, 0.15) is 0 Å². The standard InChI is InChI=1S/C16H25ClN2/c1-4-19(5-2)12-8-9-14(3)18-13-15-10-6-7-11-16(15)17/h6-7,10-11,13-14H,4-5,8-9,12H2,1-3H3. The third kappa shape index (κ3) is 6.22. The minimum Gasteiger partial charge on any atom is -0.304 e. The molecule has 1 unspecified atom stereocenters. The number of benzene rings is 1. The minimum atomic E-state index is 0.354. The van der Waals surface area contributed by atoms with Gasteiger partial charge in [-0.3, -0.25) is 4.99 Å². The maximum atomic E-state index is 6.09. The van der Waals surface area contributed by atoms with Crippen molar-refractivity contribution in [3.8, 4) is 0 Å². The van der Waals surface area contributed by atoms with Gasteiger partial charge in [0, 0.05) is 22.8 Å². The summed E-state index contributed by atoms with van der Waals surface area (Å²) in [5, 5.41) is 0.765. The van der Waals surface area contributed by atoms with Gasteiger partial charge in [-0.05, 0) is 45.5 Å². The molecular formula is C16H25ClN2. The molecule has 0 spiro atoms. The molecule has 0 saturated heterocycles. The summed E-state index contributed by atoms with van der Waals surface area (Å²) in [6.07, 6.45) is 4.21. The molecular weight excluding hydrogens is 256 g/mol. The summed E-state index contributed by atoms with van der Waals surface area (Å²) >= 11 is 6.09. The Labute approximate surface area is 122 Å². The lowest BCUT2D eigenvalue weighted by Gasteiger charge is -2.18. The molecule has 0 saturated carbocycles. The Morgan fingerprint density at radius 3 is 2.58 bits per heavy atom. The summed E-state index contributed by atoms with van der Waals surface area (Å²) in [4.78, 5) is 7.02. The highest BCUT2D eigenvalue weighted by atomic mass is 35.5. The van der Waals surface area contributed by atoms with E-state index in [1.54, 1.807) is 0 Å². The smallest absolute Gasteiger partial charge is 0.0493 e. The van der Waals surface area contributed by atoms with Gasteiger partial charge in [0.05, 0.1) is 0 Å². The Hall–Kier alpha value is -0.860. The normalized spacial score (nSPS) is 13.3. The molecule has 106 valence electrons. The van der Waals surface area contributed by atoms with Crippen LogP contribution in [0.5, 0.6) is 0 Å². The van der Waals surface area contributed by atoms with Gasteiger partial charge in [0.15, 0.2) is 0 Å². The van der Waals surface area contributed by atoms with Crippen molar-refractivity contribution in [1.82, 2.24) is 4.90 Å². The summed E-state index contributed by atoms with van der Waals surface area (Å²) in [6, 6.07) is 8.17. The van der Waals surface area contributed by atoms with Gasteiger partial charge < -0.3 is 4.90 Å². The quantitative estimate of drug-likeness (QED) is 0.649. The molecule has 0 radical (unpaired) electrons. The van der Waals surface area contributed by atoms with E-state index in [0.29, 0.717) is 6.04 Å². The van der Waals surface area contributed by atoms with Crippen LogP contribution in [0.1, 0.15) is 39.2 Å². The zero-order chi connectivity index (χ0) is 14.1. The van der Waals surface area contributed by atoms with Crippen LogP contribution in [-0.2, 0) is 0 Å². The highest BCUT2D eigenvalue weighted by Crippen LogP contribution is 2.13. The van der Waals surface area contributed by atoms with E-state index >= 15 is 0 Å². The highest BCUT2D eigenvalue weighted by Gasteiger charge is 2.02. The molecule has 0 aliphatic heterocycles. The van der Waals surface area contributed by atoms with Crippen LogP contribution in [0.15, 0.2) is 29.3 Å². The largest absolute Gasteiger partial charge is 0.304 e. The zero-order valence-corrected chi connectivity index (χ0v) is 13.0. The Kier molecular flexibility index (Phi) is 7.76. The van der Waals surface area contributed by atoms with Gasteiger partial charge in [-0.1, -0.05) is 43.6 Å². The highest BCUT2D eigenvalue weighted by molar-refractivity contribution is 6.33. The second-order valence-electron chi connectivity index (χ2n) is 4.82. The summed E-state index contributed by atoms with van der Waals surface area (Å²) < 4.78 is 0. The first-order chi connectivity index (χ1) is 9.17. The van der Waals surface area contributed by atoms with Crippen molar-refractivity contribution in [1.29, 1.82) is 0 Å². The molecule has 0 bridgehead atoms. The average Bonchev–Trinajstić information content (AvgIpc) is 2.43.